The minimum absolute atomic E-state index is 0.00424. The molecule has 3 rings (SSSR count). The maximum absolute atomic E-state index is 12.8. The van der Waals surface area contributed by atoms with Crippen molar-refractivity contribution in [3.05, 3.63) is 46.4 Å². The van der Waals surface area contributed by atoms with Crippen LogP contribution in [-0.2, 0) is 4.74 Å². The fourth-order valence-corrected chi connectivity index (χ4v) is 3.51. The first-order chi connectivity index (χ1) is 9.72. The SMILES string of the molecule is CCC1OCCC1C(=O)c1ccc(Br)c2ccccc12. The van der Waals surface area contributed by atoms with Crippen LogP contribution < -0.4 is 0 Å². The number of rotatable bonds is 3. The second-order valence-corrected chi connectivity index (χ2v) is 6.07. The number of halogens is 1. The Morgan fingerprint density at radius 3 is 2.75 bits per heavy atom. The molecule has 0 amide bonds. The largest absolute Gasteiger partial charge is 0.377 e. The molecule has 0 N–H and O–H groups in total. The molecule has 0 aliphatic carbocycles. The van der Waals surface area contributed by atoms with Crippen LogP contribution in [0.1, 0.15) is 30.1 Å². The van der Waals surface area contributed by atoms with Crippen molar-refractivity contribution in [2.45, 2.75) is 25.9 Å². The smallest absolute Gasteiger partial charge is 0.169 e. The lowest BCUT2D eigenvalue weighted by Gasteiger charge is -2.17. The summed E-state index contributed by atoms with van der Waals surface area (Å²) in [7, 11) is 0. The van der Waals surface area contributed by atoms with Crippen LogP contribution in [0.2, 0.25) is 0 Å². The van der Waals surface area contributed by atoms with E-state index in [0.29, 0.717) is 6.61 Å². The fraction of sp³-hybridized carbons (Fsp3) is 0.353. The highest BCUT2D eigenvalue weighted by molar-refractivity contribution is 9.10. The summed E-state index contributed by atoms with van der Waals surface area (Å²) in [5, 5.41) is 2.11. The van der Waals surface area contributed by atoms with Gasteiger partial charge in [-0.15, -0.1) is 0 Å². The third kappa shape index (κ3) is 2.29. The summed E-state index contributed by atoms with van der Waals surface area (Å²) in [6, 6.07) is 11.9. The molecule has 1 heterocycles. The summed E-state index contributed by atoms with van der Waals surface area (Å²) in [6.45, 7) is 2.78. The lowest BCUT2D eigenvalue weighted by Crippen LogP contribution is -2.24. The zero-order valence-electron chi connectivity index (χ0n) is 11.4. The molecule has 2 aromatic rings. The highest BCUT2D eigenvalue weighted by Gasteiger charge is 2.33. The molecule has 2 aromatic carbocycles. The number of hydrogen-bond donors (Lipinski definition) is 0. The van der Waals surface area contributed by atoms with Gasteiger partial charge in [0.15, 0.2) is 5.78 Å². The third-order valence-electron chi connectivity index (χ3n) is 4.09. The number of hydrogen-bond acceptors (Lipinski definition) is 2. The Balaban J connectivity index is 2.06. The van der Waals surface area contributed by atoms with Gasteiger partial charge < -0.3 is 4.74 Å². The van der Waals surface area contributed by atoms with Gasteiger partial charge in [-0.05, 0) is 35.7 Å². The molecule has 1 aliphatic heterocycles. The molecule has 3 heteroatoms. The standard InChI is InChI=1S/C17H17BrO2/c1-2-16-14(9-10-20-16)17(19)13-7-8-15(18)12-6-4-3-5-11(12)13/h3-8,14,16H,2,9-10H2,1H3. The number of ether oxygens (including phenoxy) is 1. The summed E-state index contributed by atoms with van der Waals surface area (Å²) in [5.41, 5.74) is 0.817. The molecule has 0 spiro atoms. The van der Waals surface area contributed by atoms with Crippen LogP contribution in [0.15, 0.2) is 40.9 Å². The molecule has 2 nitrogen and oxygen atoms in total. The summed E-state index contributed by atoms with van der Waals surface area (Å²) >= 11 is 3.55. The first-order valence-electron chi connectivity index (χ1n) is 7.05. The Hall–Kier alpha value is -1.19. The van der Waals surface area contributed by atoms with Gasteiger partial charge in [-0.3, -0.25) is 4.79 Å². The highest BCUT2D eigenvalue weighted by Crippen LogP contribution is 2.32. The van der Waals surface area contributed by atoms with Gasteiger partial charge in [0.05, 0.1) is 12.0 Å². The van der Waals surface area contributed by atoms with Gasteiger partial charge >= 0.3 is 0 Å². The summed E-state index contributed by atoms with van der Waals surface area (Å²) in [6.07, 6.45) is 1.80. The van der Waals surface area contributed by atoms with Crippen LogP contribution in [0, 0.1) is 5.92 Å². The third-order valence-corrected chi connectivity index (χ3v) is 4.78. The van der Waals surface area contributed by atoms with Crippen molar-refractivity contribution in [3.63, 3.8) is 0 Å². The van der Waals surface area contributed by atoms with Crippen molar-refractivity contribution in [3.8, 4) is 0 Å². The van der Waals surface area contributed by atoms with Crippen molar-refractivity contribution in [1.29, 1.82) is 0 Å². The first-order valence-corrected chi connectivity index (χ1v) is 7.84. The predicted molar refractivity (Wildman–Crippen MR) is 84.1 cm³/mol. The number of carbonyl (C=O) groups is 1. The van der Waals surface area contributed by atoms with E-state index in [1.807, 2.05) is 36.4 Å². The molecule has 0 aromatic heterocycles. The predicted octanol–water partition coefficient (Wildman–Crippen LogP) is 4.60. The minimum atomic E-state index is 0.00424. The molecule has 0 bridgehead atoms. The number of benzene rings is 2. The Labute approximate surface area is 127 Å². The Morgan fingerprint density at radius 2 is 2.00 bits per heavy atom. The lowest BCUT2D eigenvalue weighted by molar-refractivity contribution is 0.0690. The van der Waals surface area contributed by atoms with Crippen LogP contribution in [0.4, 0.5) is 0 Å². The average molecular weight is 333 g/mol. The van der Waals surface area contributed by atoms with Crippen LogP contribution in [-0.4, -0.2) is 18.5 Å². The molecule has 0 radical (unpaired) electrons. The number of Topliss-reactive ketones (excluding diaryl/α,β-unsaturated/α-hetero) is 1. The van der Waals surface area contributed by atoms with Crippen molar-refractivity contribution in [2.24, 2.45) is 5.92 Å². The molecule has 1 saturated heterocycles. The van der Waals surface area contributed by atoms with E-state index in [4.69, 9.17) is 4.74 Å². The molecule has 2 atom stereocenters. The number of carbonyl (C=O) groups excluding carboxylic acids is 1. The van der Waals surface area contributed by atoms with Gasteiger partial charge in [-0.2, -0.15) is 0 Å². The molecule has 1 aliphatic rings. The van der Waals surface area contributed by atoms with Crippen molar-refractivity contribution < 1.29 is 9.53 Å². The van der Waals surface area contributed by atoms with E-state index >= 15 is 0 Å². The van der Waals surface area contributed by atoms with Gasteiger partial charge in [-0.25, -0.2) is 0 Å². The molecule has 20 heavy (non-hydrogen) atoms. The zero-order chi connectivity index (χ0) is 14.1. The minimum Gasteiger partial charge on any atom is -0.377 e. The maximum atomic E-state index is 12.8. The number of fused-ring (bicyclic) bond motifs is 1. The monoisotopic (exact) mass is 332 g/mol. The number of ketones is 1. The summed E-state index contributed by atoms with van der Waals surface area (Å²) < 4.78 is 6.69. The van der Waals surface area contributed by atoms with E-state index < -0.39 is 0 Å². The van der Waals surface area contributed by atoms with Gasteiger partial charge in [0.1, 0.15) is 0 Å². The van der Waals surface area contributed by atoms with Gasteiger partial charge in [0.2, 0.25) is 0 Å². The zero-order valence-corrected chi connectivity index (χ0v) is 13.0. The summed E-state index contributed by atoms with van der Waals surface area (Å²) in [4.78, 5) is 12.8. The Morgan fingerprint density at radius 1 is 1.25 bits per heavy atom. The Kier molecular flexibility index (Phi) is 3.90. The van der Waals surface area contributed by atoms with E-state index in [9.17, 15) is 4.79 Å². The van der Waals surface area contributed by atoms with E-state index in [-0.39, 0.29) is 17.8 Å². The van der Waals surface area contributed by atoms with Crippen LogP contribution in [0.3, 0.4) is 0 Å². The fourth-order valence-electron chi connectivity index (χ4n) is 3.03. The average Bonchev–Trinajstić information content (AvgIpc) is 2.96. The molecule has 2 unspecified atom stereocenters. The molecule has 0 saturated carbocycles. The van der Waals surface area contributed by atoms with Crippen molar-refractivity contribution in [2.75, 3.05) is 6.61 Å². The highest BCUT2D eigenvalue weighted by atomic mass is 79.9. The van der Waals surface area contributed by atoms with Gasteiger partial charge in [0, 0.05) is 16.6 Å². The molecular weight excluding hydrogens is 316 g/mol. The van der Waals surface area contributed by atoms with Crippen molar-refractivity contribution in [1.82, 2.24) is 0 Å². The molecular formula is C17H17BrO2. The maximum Gasteiger partial charge on any atom is 0.169 e. The topological polar surface area (TPSA) is 26.3 Å². The second kappa shape index (κ2) is 5.66. The van der Waals surface area contributed by atoms with Crippen LogP contribution in [0.25, 0.3) is 10.8 Å². The normalized spacial score (nSPS) is 22.3. The second-order valence-electron chi connectivity index (χ2n) is 5.22. The van der Waals surface area contributed by atoms with E-state index in [2.05, 4.69) is 22.9 Å². The van der Waals surface area contributed by atoms with E-state index in [0.717, 1.165) is 33.7 Å². The van der Waals surface area contributed by atoms with Crippen molar-refractivity contribution >= 4 is 32.5 Å². The van der Waals surface area contributed by atoms with Gasteiger partial charge in [-0.1, -0.05) is 47.1 Å². The van der Waals surface area contributed by atoms with Crippen LogP contribution in [0.5, 0.6) is 0 Å². The molecule has 104 valence electrons. The van der Waals surface area contributed by atoms with E-state index in [1.54, 1.807) is 0 Å². The lowest BCUT2D eigenvalue weighted by atomic mass is 9.88. The first kappa shape index (κ1) is 13.8. The van der Waals surface area contributed by atoms with Gasteiger partial charge in [0.25, 0.3) is 0 Å². The quantitative estimate of drug-likeness (QED) is 0.768. The summed E-state index contributed by atoms with van der Waals surface area (Å²) in [5.74, 6) is 0.225. The Bertz CT molecular complexity index is 650. The molecule has 1 fully saturated rings. The van der Waals surface area contributed by atoms with Crippen LogP contribution >= 0.6 is 15.9 Å². The van der Waals surface area contributed by atoms with E-state index in [1.165, 1.54) is 0 Å².